The summed E-state index contributed by atoms with van der Waals surface area (Å²) in [6.07, 6.45) is 3.28. The van der Waals surface area contributed by atoms with Crippen LogP contribution < -0.4 is 5.32 Å². The van der Waals surface area contributed by atoms with E-state index in [1.165, 1.54) is 30.0 Å². The number of amides is 2. The van der Waals surface area contributed by atoms with Crippen LogP contribution in [0.4, 0.5) is 0 Å². The summed E-state index contributed by atoms with van der Waals surface area (Å²) < 4.78 is 4.99. The molecule has 0 saturated carbocycles. The highest BCUT2D eigenvalue weighted by Crippen LogP contribution is 2.10. The van der Waals surface area contributed by atoms with Gasteiger partial charge in [0.05, 0.1) is 19.4 Å². The first-order valence-corrected chi connectivity index (χ1v) is 7.50. The molecular weight excluding hydrogens is 280 g/mol. The molecule has 0 saturated heterocycles. The molecule has 0 aliphatic carbocycles. The molecule has 2 amide bonds. The van der Waals surface area contributed by atoms with Crippen molar-refractivity contribution in [1.82, 2.24) is 10.2 Å². The second kappa shape index (κ2) is 7.96. The zero-order valence-corrected chi connectivity index (χ0v) is 12.6. The third-order valence-corrected chi connectivity index (χ3v) is 4.05. The Morgan fingerprint density at radius 3 is 2.75 bits per heavy atom. The molecule has 1 heterocycles. The fourth-order valence-corrected chi connectivity index (χ4v) is 2.33. The zero-order chi connectivity index (χ0) is 15.1. The van der Waals surface area contributed by atoms with Gasteiger partial charge in [0, 0.05) is 18.3 Å². The molecule has 0 aliphatic heterocycles. The third-order valence-electron chi connectivity index (χ3n) is 2.89. The topological polar surface area (TPSA) is 82.8 Å². The van der Waals surface area contributed by atoms with E-state index in [-0.39, 0.29) is 42.0 Å². The average Bonchev–Trinajstić information content (AvgIpc) is 2.92. The number of aliphatic hydroxyl groups is 1. The van der Waals surface area contributed by atoms with Crippen LogP contribution in [0.15, 0.2) is 22.8 Å². The Morgan fingerprint density at radius 1 is 1.55 bits per heavy atom. The van der Waals surface area contributed by atoms with E-state index in [9.17, 15) is 9.59 Å². The van der Waals surface area contributed by atoms with Crippen LogP contribution in [0.3, 0.4) is 0 Å². The number of aliphatic hydroxyl groups excluding tert-OH is 1. The van der Waals surface area contributed by atoms with Gasteiger partial charge in [-0.1, -0.05) is 0 Å². The third kappa shape index (κ3) is 4.57. The molecule has 2 N–H and O–H groups in total. The van der Waals surface area contributed by atoms with Gasteiger partial charge in [0.25, 0.3) is 5.91 Å². The van der Waals surface area contributed by atoms with Crippen molar-refractivity contribution in [3.8, 4) is 0 Å². The maximum absolute atomic E-state index is 11.9. The molecule has 1 aromatic heterocycles. The van der Waals surface area contributed by atoms with E-state index >= 15 is 0 Å². The minimum atomic E-state index is -0.346. The van der Waals surface area contributed by atoms with Gasteiger partial charge < -0.3 is 19.7 Å². The smallest absolute Gasteiger partial charge is 0.289 e. The van der Waals surface area contributed by atoms with Crippen LogP contribution >= 0.6 is 11.8 Å². The van der Waals surface area contributed by atoms with Crippen LogP contribution in [-0.2, 0) is 4.79 Å². The molecule has 7 heteroatoms. The number of thioether (sulfide) groups is 1. The van der Waals surface area contributed by atoms with Gasteiger partial charge in [0.15, 0.2) is 5.76 Å². The summed E-state index contributed by atoms with van der Waals surface area (Å²) in [4.78, 5) is 25.0. The molecule has 0 radical (unpaired) electrons. The van der Waals surface area contributed by atoms with Gasteiger partial charge >= 0.3 is 0 Å². The van der Waals surface area contributed by atoms with Crippen molar-refractivity contribution in [2.45, 2.75) is 18.2 Å². The molecule has 6 nitrogen and oxygen atoms in total. The van der Waals surface area contributed by atoms with Crippen molar-refractivity contribution in [2.24, 2.45) is 0 Å². The first kappa shape index (κ1) is 16.6. The lowest BCUT2D eigenvalue weighted by Crippen LogP contribution is -2.46. The highest BCUT2D eigenvalue weighted by atomic mass is 32.2. The summed E-state index contributed by atoms with van der Waals surface area (Å²) in [6, 6.07) is 3.00. The van der Waals surface area contributed by atoms with Crippen LogP contribution in [0.5, 0.6) is 0 Å². The number of carbonyl (C=O) groups excluding carboxylic acids is 2. The Bertz CT molecular complexity index is 432. The molecule has 2 atom stereocenters. The van der Waals surface area contributed by atoms with Crippen molar-refractivity contribution < 1.29 is 19.1 Å². The first-order valence-electron chi connectivity index (χ1n) is 6.21. The summed E-state index contributed by atoms with van der Waals surface area (Å²) in [7, 11) is 1.53. The number of likely N-dealkylation sites (N-methyl/N-ethyl adjacent to an activating group) is 1. The minimum Gasteiger partial charge on any atom is -0.459 e. The summed E-state index contributed by atoms with van der Waals surface area (Å²) >= 11 is 1.48. The van der Waals surface area contributed by atoms with Gasteiger partial charge in [-0.3, -0.25) is 9.59 Å². The normalized spacial score (nSPS) is 13.6. The fraction of sp³-hybridized carbons (Fsp3) is 0.538. The van der Waals surface area contributed by atoms with Crippen LogP contribution in [-0.4, -0.2) is 59.6 Å². The maximum atomic E-state index is 11.9. The highest BCUT2D eigenvalue weighted by molar-refractivity contribution is 7.99. The van der Waals surface area contributed by atoms with Crippen LogP contribution in [0, 0.1) is 0 Å². The number of rotatable bonds is 7. The lowest BCUT2D eigenvalue weighted by Gasteiger charge is -2.23. The van der Waals surface area contributed by atoms with E-state index in [1.54, 1.807) is 12.1 Å². The summed E-state index contributed by atoms with van der Waals surface area (Å²) in [5, 5.41) is 11.9. The lowest BCUT2D eigenvalue weighted by atomic mass is 10.2. The van der Waals surface area contributed by atoms with Crippen LogP contribution in [0.2, 0.25) is 0 Å². The van der Waals surface area contributed by atoms with E-state index in [4.69, 9.17) is 9.52 Å². The zero-order valence-electron chi connectivity index (χ0n) is 11.8. The molecule has 1 rings (SSSR count). The van der Waals surface area contributed by atoms with Crippen LogP contribution in [0.25, 0.3) is 0 Å². The first-order chi connectivity index (χ1) is 9.49. The van der Waals surface area contributed by atoms with Crippen molar-refractivity contribution in [1.29, 1.82) is 0 Å². The predicted molar refractivity (Wildman–Crippen MR) is 77.7 cm³/mol. The van der Waals surface area contributed by atoms with Crippen LogP contribution in [0.1, 0.15) is 17.5 Å². The largest absolute Gasteiger partial charge is 0.459 e. The molecule has 0 aliphatic rings. The quantitative estimate of drug-likeness (QED) is 0.770. The van der Waals surface area contributed by atoms with Gasteiger partial charge in [-0.15, -0.1) is 0 Å². The summed E-state index contributed by atoms with van der Waals surface area (Å²) in [6.45, 7) is 1.75. The van der Waals surface area contributed by atoms with Gasteiger partial charge in [0.2, 0.25) is 5.91 Å². The average molecular weight is 300 g/mol. The second-order valence-electron chi connectivity index (χ2n) is 4.45. The van der Waals surface area contributed by atoms with Crippen molar-refractivity contribution in [2.75, 3.05) is 26.5 Å². The van der Waals surface area contributed by atoms with E-state index in [2.05, 4.69) is 5.32 Å². The predicted octanol–water partition coefficient (Wildman–Crippen LogP) is 0.580. The minimum absolute atomic E-state index is 0.0101. The van der Waals surface area contributed by atoms with Gasteiger partial charge in [-0.2, -0.15) is 11.8 Å². The van der Waals surface area contributed by atoms with E-state index in [0.717, 1.165) is 0 Å². The number of nitrogens with one attached hydrogen (secondary N) is 1. The maximum Gasteiger partial charge on any atom is 0.289 e. The molecule has 112 valence electrons. The number of carbonyl (C=O) groups is 2. The van der Waals surface area contributed by atoms with Crippen molar-refractivity contribution >= 4 is 23.6 Å². The standard InChI is InChI=1S/C13H20N2O4S/c1-9(11(8-16)20-3)14-12(17)7-15(2)13(18)10-5-4-6-19-10/h4-6,9,11,16H,7-8H2,1-3H3,(H,14,17). The number of hydrogen-bond donors (Lipinski definition) is 2. The Hall–Kier alpha value is -1.47. The van der Waals surface area contributed by atoms with E-state index < -0.39 is 0 Å². The molecular formula is C13H20N2O4S. The number of furan rings is 1. The Kier molecular flexibility index (Phi) is 6.60. The number of nitrogens with zero attached hydrogens (tertiary/aromatic N) is 1. The van der Waals surface area contributed by atoms with E-state index in [1.807, 2.05) is 13.2 Å². The SMILES string of the molecule is CSC(CO)C(C)NC(=O)CN(C)C(=O)c1ccco1. The Balaban J connectivity index is 2.47. The highest BCUT2D eigenvalue weighted by Gasteiger charge is 2.20. The molecule has 0 bridgehead atoms. The summed E-state index contributed by atoms with van der Waals surface area (Å²) in [5.74, 6) is -0.417. The van der Waals surface area contributed by atoms with Crippen molar-refractivity contribution in [3.63, 3.8) is 0 Å². The molecule has 0 aromatic carbocycles. The lowest BCUT2D eigenvalue weighted by molar-refractivity contribution is -0.122. The molecule has 0 spiro atoms. The Labute approximate surface area is 122 Å². The molecule has 2 unspecified atom stereocenters. The van der Waals surface area contributed by atoms with Gasteiger partial charge in [0.1, 0.15) is 0 Å². The Morgan fingerprint density at radius 2 is 2.25 bits per heavy atom. The van der Waals surface area contributed by atoms with Crippen molar-refractivity contribution in [3.05, 3.63) is 24.2 Å². The molecule has 1 aromatic rings. The molecule has 20 heavy (non-hydrogen) atoms. The van der Waals surface area contributed by atoms with Gasteiger partial charge in [-0.25, -0.2) is 0 Å². The fourth-order valence-electron chi connectivity index (χ4n) is 1.70. The monoisotopic (exact) mass is 300 g/mol. The molecule has 0 fully saturated rings. The second-order valence-corrected chi connectivity index (χ2v) is 5.53. The number of hydrogen-bond acceptors (Lipinski definition) is 5. The summed E-state index contributed by atoms with van der Waals surface area (Å²) in [5.41, 5.74) is 0. The van der Waals surface area contributed by atoms with Gasteiger partial charge in [-0.05, 0) is 25.3 Å². The van der Waals surface area contributed by atoms with E-state index in [0.29, 0.717) is 0 Å².